The van der Waals surface area contributed by atoms with E-state index in [1.165, 1.54) is 11.1 Å². The first-order valence-corrected chi connectivity index (χ1v) is 6.77. The fraction of sp³-hybridized carbons (Fsp3) is 0.600. The molecule has 1 heterocycles. The van der Waals surface area contributed by atoms with Crippen molar-refractivity contribution >= 4 is 0 Å². The maximum Gasteiger partial charge on any atom is 0.0678 e. The molecule has 2 N–H and O–H groups in total. The molecule has 0 unspecified atom stereocenters. The van der Waals surface area contributed by atoms with E-state index in [0.29, 0.717) is 12.6 Å². The van der Waals surface area contributed by atoms with Crippen molar-refractivity contribution in [3.05, 3.63) is 35.4 Å². The second-order valence-corrected chi connectivity index (χ2v) is 5.32. The number of benzene rings is 1. The van der Waals surface area contributed by atoms with Gasteiger partial charge in [0.25, 0.3) is 0 Å². The maximum atomic E-state index is 6.01. The van der Waals surface area contributed by atoms with E-state index in [2.05, 4.69) is 49.9 Å². The van der Waals surface area contributed by atoms with E-state index in [0.717, 1.165) is 13.1 Å². The molecule has 0 aromatic heterocycles. The summed E-state index contributed by atoms with van der Waals surface area (Å²) in [6.07, 6.45) is 0.568. The smallest absolute Gasteiger partial charge is 0.0678 e. The van der Waals surface area contributed by atoms with Gasteiger partial charge in [0, 0.05) is 25.7 Å². The molecule has 1 aromatic rings. The lowest BCUT2D eigenvalue weighted by Crippen LogP contribution is -2.48. The molecule has 0 bridgehead atoms. The largest absolute Gasteiger partial charge is 0.373 e. The third kappa shape index (κ3) is 2.91. The molecule has 0 spiro atoms. The Morgan fingerprint density at radius 1 is 1.28 bits per heavy atom. The Hall–Kier alpha value is -0.900. The standard InChI is InChI=1S/C15H24N2O/c1-11-6-4-5-7-14(11)15(8-16)17-9-12(2)18-13(3)10-17/h4-7,12-13,15H,8-10,16H2,1-3H3/t12-,13+,15-/m1/s1. The van der Waals surface area contributed by atoms with Gasteiger partial charge in [-0.25, -0.2) is 0 Å². The van der Waals surface area contributed by atoms with E-state index >= 15 is 0 Å². The molecule has 1 saturated heterocycles. The van der Waals surface area contributed by atoms with E-state index < -0.39 is 0 Å². The molecule has 0 radical (unpaired) electrons. The summed E-state index contributed by atoms with van der Waals surface area (Å²) in [6, 6.07) is 8.83. The minimum absolute atomic E-state index is 0.284. The van der Waals surface area contributed by atoms with Crippen LogP contribution in [0.25, 0.3) is 0 Å². The van der Waals surface area contributed by atoms with Gasteiger partial charge in [-0.1, -0.05) is 24.3 Å². The third-order valence-corrected chi connectivity index (χ3v) is 3.66. The molecule has 2 rings (SSSR count). The summed E-state index contributed by atoms with van der Waals surface area (Å²) in [5.74, 6) is 0. The van der Waals surface area contributed by atoms with Gasteiger partial charge in [0.05, 0.1) is 12.2 Å². The minimum atomic E-state index is 0.284. The molecule has 3 atom stereocenters. The number of nitrogens with zero attached hydrogens (tertiary/aromatic N) is 1. The van der Waals surface area contributed by atoms with Crippen molar-refractivity contribution in [2.75, 3.05) is 19.6 Å². The van der Waals surface area contributed by atoms with Gasteiger partial charge in [-0.3, -0.25) is 4.90 Å². The van der Waals surface area contributed by atoms with Crippen LogP contribution >= 0.6 is 0 Å². The summed E-state index contributed by atoms with van der Waals surface area (Å²) in [7, 11) is 0. The Balaban J connectivity index is 2.20. The van der Waals surface area contributed by atoms with Crippen molar-refractivity contribution in [2.45, 2.75) is 39.0 Å². The molecule has 0 saturated carbocycles. The lowest BCUT2D eigenvalue weighted by atomic mass is 9.99. The first kappa shape index (κ1) is 13.5. The fourth-order valence-electron chi connectivity index (χ4n) is 2.91. The van der Waals surface area contributed by atoms with E-state index in [-0.39, 0.29) is 12.2 Å². The molecule has 3 heteroatoms. The van der Waals surface area contributed by atoms with Gasteiger partial charge in [-0.05, 0) is 31.9 Å². The molecule has 1 aliphatic heterocycles. The summed E-state index contributed by atoms with van der Waals surface area (Å²) in [5.41, 5.74) is 8.68. The predicted molar refractivity (Wildman–Crippen MR) is 74.6 cm³/mol. The molecule has 100 valence electrons. The zero-order valence-corrected chi connectivity index (χ0v) is 11.6. The average molecular weight is 248 g/mol. The Kier molecular flexibility index (Phi) is 4.38. The van der Waals surface area contributed by atoms with Crippen LogP contribution in [0.5, 0.6) is 0 Å². The van der Waals surface area contributed by atoms with Crippen LogP contribution in [0.1, 0.15) is 31.0 Å². The molecule has 3 nitrogen and oxygen atoms in total. The summed E-state index contributed by atoms with van der Waals surface area (Å²) in [5, 5.41) is 0. The van der Waals surface area contributed by atoms with E-state index in [1.54, 1.807) is 0 Å². The lowest BCUT2D eigenvalue weighted by Gasteiger charge is -2.40. The van der Waals surface area contributed by atoms with Crippen LogP contribution < -0.4 is 5.73 Å². The molecule has 0 amide bonds. The van der Waals surface area contributed by atoms with Gasteiger partial charge in [0.1, 0.15) is 0 Å². The SMILES string of the molecule is Cc1ccccc1[C@@H](CN)N1C[C@@H](C)O[C@@H](C)C1. The second-order valence-electron chi connectivity index (χ2n) is 5.32. The van der Waals surface area contributed by atoms with Crippen LogP contribution in [0, 0.1) is 6.92 Å². The number of nitrogens with two attached hydrogens (primary N) is 1. The van der Waals surface area contributed by atoms with Crippen LogP contribution in [-0.2, 0) is 4.74 Å². The first-order valence-electron chi connectivity index (χ1n) is 6.77. The van der Waals surface area contributed by atoms with Crippen molar-refractivity contribution in [1.82, 2.24) is 4.90 Å². The monoisotopic (exact) mass is 248 g/mol. The number of ether oxygens (including phenoxy) is 1. The highest BCUT2D eigenvalue weighted by Crippen LogP contribution is 2.26. The highest BCUT2D eigenvalue weighted by atomic mass is 16.5. The zero-order chi connectivity index (χ0) is 13.1. The van der Waals surface area contributed by atoms with Crippen molar-refractivity contribution in [1.29, 1.82) is 0 Å². The third-order valence-electron chi connectivity index (χ3n) is 3.66. The summed E-state index contributed by atoms with van der Waals surface area (Å²) in [6.45, 7) is 9.00. The van der Waals surface area contributed by atoms with Crippen LogP contribution in [0.15, 0.2) is 24.3 Å². The maximum absolute atomic E-state index is 6.01. The predicted octanol–water partition coefficient (Wildman–Crippen LogP) is 2.10. The lowest BCUT2D eigenvalue weighted by molar-refractivity contribution is -0.0799. The van der Waals surface area contributed by atoms with Crippen LogP contribution in [0.2, 0.25) is 0 Å². The van der Waals surface area contributed by atoms with Crippen LogP contribution in [-0.4, -0.2) is 36.7 Å². The van der Waals surface area contributed by atoms with Crippen LogP contribution in [0.4, 0.5) is 0 Å². The van der Waals surface area contributed by atoms with E-state index in [1.807, 2.05) is 0 Å². The molecule has 18 heavy (non-hydrogen) atoms. The van der Waals surface area contributed by atoms with Gasteiger partial charge in [-0.2, -0.15) is 0 Å². The Labute approximate surface area is 110 Å². The van der Waals surface area contributed by atoms with Gasteiger partial charge in [0.15, 0.2) is 0 Å². The molecule has 1 aliphatic rings. The first-order chi connectivity index (χ1) is 8.61. The minimum Gasteiger partial charge on any atom is -0.373 e. The Morgan fingerprint density at radius 3 is 2.44 bits per heavy atom. The van der Waals surface area contributed by atoms with Crippen LogP contribution in [0.3, 0.4) is 0 Å². The Bertz CT molecular complexity index is 384. The highest BCUT2D eigenvalue weighted by Gasteiger charge is 2.28. The normalized spacial score (nSPS) is 27.1. The topological polar surface area (TPSA) is 38.5 Å². The highest BCUT2D eigenvalue weighted by molar-refractivity contribution is 5.29. The zero-order valence-electron chi connectivity index (χ0n) is 11.6. The van der Waals surface area contributed by atoms with E-state index in [9.17, 15) is 0 Å². The number of hydrogen-bond donors (Lipinski definition) is 1. The quantitative estimate of drug-likeness (QED) is 0.890. The number of rotatable bonds is 3. The van der Waals surface area contributed by atoms with Crippen molar-refractivity contribution in [3.63, 3.8) is 0 Å². The molecular formula is C15H24N2O. The van der Waals surface area contributed by atoms with Gasteiger partial charge >= 0.3 is 0 Å². The number of morpholine rings is 1. The number of aryl methyl sites for hydroxylation is 1. The van der Waals surface area contributed by atoms with Gasteiger partial charge in [0.2, 0.25) is 0 Å². The molecule has 1 fully saturated rings. The summed E-state index contributed by atoms with van der Waals surface area (Å²) in [4.78, 5) is 2.46. The van der Waals surface area contributed by atoms with E-state index in [4.69, 9.17) is 10.5 Å². The summed E-state index contributed by atoms with van der Waals surface area (Å²) >= 11 is 0. The van der Waals surface area contributed by atoms with Gasteiger partial charge in [-0.15, -0.1) is 0 Å². The van der Waals surface area contributed by atoms with Crippen molar-refractivity contribution < 1.29 is 4.74 Å². The summed E-state index contributed by atoms with van der Waals surface area (Å²) < 4.78 is 5.79. The fourth-order valence-corrected chi connectivity index (χ4v) is 2.91. The van der Waals surface area contributed by atoms with Crippen molar-refractivity contribution in [3.8, 4) is 0 Å². The average Bonchev–Trinajstić information content (AvgIpc) is 2.31. The molecule has 0 aliphatic carbocycles. The number of hydrogen-bond acceptors (Lipinski definition) is 3. The van der Waals surface area contributed by atoms with Gasteiger partial charge < -0.3 is 10.5 Å². The molecular weight excluding hydrogens is 224 g/mol. The Morgan fingerprint density at radius 2 is 1.89 bits per heavy atom. The molecule has 1 aromatic carbocycles. The van der Waals surface area contributed by atoms with Crippen molar-refractivity contribution in [2.24, 2.45) is 5.73 Å². The second kappa shape index (κ2) is 5.83.